The number of hydrogen-bond donors (Lipinski definition) is 5. The standard InChI is InChI=1S/C21H34N4O2/c22-13-1-14-23-18-6-8-19(9-7-18)24-15-2-16-25-21(27)12-5-17-3-10-20(26)11-4-17/h3-5,10-12,18-19,23-24,26H,1-2,6-9,13-16,22H2,(H,25,27)/b12-5+. The van der Waals surface area contributed by atoms with Crippen LogP contribution in [0.3, 0.4) is 0 Å². The Hall–Kier alpha value is -1.89. The second-order valence-corrected chi connectivity index (χ2v) is 7.17. The average molecular weight is 375 g/mol. The lowest BCUT2D eigenvalue weighted by Crippen LogP contribution is -2.41. The molecule has 2 rings (SSSR count). The number of rotatable bonds is 11. The molecule has 0 saturated heterocycles. The van der Waals surface area contributed by atoms with Gasteiger partial charge in [0, 0.05) is 24.7 Å². The van der Waals surface area contributed by atoms with E-state index in [0.29, 0.717) is 18.6 Å². The molecule has 0 aliphatic heterocycles. The van der Waals surface area contributed by atoms with Crippen molar-refractivity contribution in [3.63, 3.8) is 0 Å². The van der Waals surface area contributed by atoms with Gasteiger partial charge in [-0.2, -0.15) is 0 Å². The van der Waals surface area contributed by atoms with Crippen LogP contribution in [0.1, 0.15) is 44.1 Å². The van der Waals surface area contributed by atoms with Crippen molar-refractivity contribution in [1.29, 1.82) is 0 Å². The summed E-state index contributed by atoms with van der Waals surface area (Å²) in [4.78, 5) is 11.8. The quantitative estimate of drug-likeness (QED) is 0.300. The first-order valence-electron chi connectivity index (χ1n) is 10.1. The molecule has 27 heavy (non-hydrogen) atoms. The van der Waals surface area contributed by atoms with Gasteiger partial charge in [0.25, 0.3) is 0 Å². The highest BCUT2D eigenvalue weighted by molar-refractivity contribution is 5.91. The van der Waals surface area contributed by atoms with E-state index >= 15 is 0 Å². The number of carbonyl (C=O) groups excluding carboxylic acids is 1. The van der Waals surface area contributed by atoms with Crippen LogP contribution >= 0.6 is 0 Å². The van der Waals surface area contributed by atoms with Crippen molar-refractivity contribution in [2.75, 3.05) is 26.2 Å². The molecule has 1 aromatic carbocycles. The van der Waals surface area contributed by atoms with Crippen molar-refractivity contribution in [1.82, 2.24) is 16.0 Å². The van der Waals surface area contributed by atoms with Crippen LogP contribution in [-0.2, 0) is 4.79 Å². The number of benzene rings is 1. The van der Waals surface area contributed by atoms with E-state index in [1.807, 2.05) is 0 Å². The number of aromatic hydroxyl groups is 1. The van der Waals surface area contributed by atoms with Crippen molar-refractivity contribution >= 4 is 12.0 Å². The van der Waals surface area contributed by atoms with Gasteiger partial charge in [0.2, 0.25) is 5.91 Å². The monoisotopic (exact) mass is 374 g/mol. The van der Waals surface area contributed by atoms with Gasteiger partial charge in [-0.1, -0.05) is 12.1 Å². The Morgan fingerprint density at radius 2 is 1.59 bits per heavy atom. The Balaban J connectivity index is 1.50. The Morgan fingerprint density at radius 3 is 2.19 bits per heavy atom. The molecule has 6 N–H and O–H groups in total. The molecule has 150 valence electrons. The Bertz CT molecular complexity index is 566. The molecule has 1 aliphatic rings. The van der Waals surface area contributed by atoms with Crippen molar-refractivity contribution in [3.8, 4) is 5.75 Å². The van der Waals surface area contributed by atoms with Gasteiger partial charge in [0.1, 0.15) is 5.75 Å². The smallest absolute Gasteiger partial charge is 0.243 e. The summed E-state index contributed by atoms with van der Waals surface area (Å²) in [6, 6.07) is 7.99. The molecule has 0 heterocycles. The van der Waals surface area contributed by atoms with Gasteiger partial charge in [-0.25, -0.2) is 0 Å². The van der Waals surface area contributed by atoms with Crippen LogP contribution in [0, 0.1) is 0 Å². The SMILES string of the molecule is NCCCNC1CCC(NCCCNC(=O)/C=C/c2ccc(O)cc2)CC1. The van der Waals surface area contributed by atoms with Gasteiger partial charge >= 0.3 is 0 Å². The molecule has 1 amide bonds. The molecule has 1 fully saturated rings. The van der Waals surface area contributed by atoms with Gasteiger partial charge in [-0.3, -0.25) is 4.79 Å². The highest BCUT2D eigenvalue weighted by Gasteiger charge is 2.19. The van der Waals surface area contributed by atoms with E-state index < -0.39 is 0 Å². The van der Waals surface area contributed by atoms with Crippen molar-refractivity contribution < 1.29 is 9.90 Å². The molecule has 1 aliphatic carbocycles. The molecule has 0 radical (unpaired) electrons. The molecule has 0 unspecified atom stereocenters. The molecule has 6 heteroatoms. The maximum absolute atomic E-state index is 11.8. The van der Waals surface area contributed by atoms with Crippen LogP contribution in [0.25, 0.3) is 6.08 Å². The second-order valence-electron chi connectivity index (χ2n) is 7.17. The number of nitrogens with one attached hydrogen (secondary N) is 3. The number of phenolic OH excluding ortho intramolecular Hbond substituents is 1. The zero-order chi connectivity index (χ0) is 19.3. The predicted octanol–water partition coefficient (Wildman–Crippen LogP) is 1.75. The van der Waals surface area contributed by atoms with E-state index in [-0.39, 0.29) is 11.7 Å². The van der Waals surface area contributed by atoms with E-state index in [2.05, 4.69) is 16.0 Å². The fraction of sp³-hybridized carbons (Fsp3) is 0.571. The average Bonchev–Trinajstić information content (AvgIpc) is 2.68. The second kappa shape index (κ2) is 12.5. The summed E-state index contributed by atoms with van der Waals surface area (Å²) in [6.07, 6.45) is 10.1. The van der Waals surface area contributed by atoms with Crippen LogP contribution in [-0.4, -0.2) is 49.3 Å². The minimum absolute atomic E-state index is 0.0906. The summed E-state index contributed by atoms with van der Waals surface area (Å²) in [5.74, 6) is 0.132. The third kappa shape index (κ3) is 9.04. The Labute approximate surface area is 162 Å². The van der Waals surface area contributed by atoms with Gasteiger partial charge < -0.3 is 26.8 Å². The summed E-state index contributed by atoms with van der Waals surface area (Å²) in [5.41, 5.74) is 6.41. The van der Waals surface area contributed by atoms with Crippen LogP contribution < -0.4 is 21.7 Å². The maximum atomic E-state index is 11.8. The van der Waals surface area contributed by atoms with Crippen molar-refractivity contribution in [3.05, 3.63) is 35.9 Å². The summed E-state index contributed by atoms with van der Waals surface area (Å²) in [6.45, 7) is 3.38. The summed E-state index contributed by atoms with van der Waals surface area (Å²) in [7, 11) is 0. The molecule has 0 spiro atoms. The lowest BCUT2D eigenvalue weighted by molar-refractivity contribution is -0.116. The number of amides is 1. The predicted molar refractivity (Wildman–Crippen MR) is 110 cm³/mol. The van der Waals surface area contributed by atoms with E-state index in [1.165, 1.54) is 31.8 Å². The van der Waals surface area contributed by atoms with E-state index in [1.54, 1.807) is 30.3 Å². The van der Waals surface area contributed by atoms with Gasteiger partial charge in [-0.05, 0) is 81.9 Å². The Kier molecular flexibility index (Phi) is 9.90. The summed E-state index contributed by atoms with van der Waals surface area (Å²) in [5, 5.41) is 19.3. The molecule has 0 bridgehead atoms. The first kappa shape index (κ1) is 21.4. The zero-order valence-corrected chi connectivity index (χ0v) is 16.1. The highest BCUT2D eigenvalue weighted by atomic mass is 16.3. The molecule has 0 aromatic heterocycles. The number of phenols is 1. The Morgan fingerprint density at radius 1 is 1.00 bits per heavy atom. The molecular formula is C21H34N4O2. The number of carbonyl (C=O) groups is 1. The zero-order valence-electron chi connectivity index (χ0n) is 16.1. The largest absolute Gasteiger partial charge is 0.508 e. The van der Waals surface area contributed by atoms with E-state index in [0.717, 1.165) is 38.0 Å². The fourth-order valence-electron chi connectivity index (χ4n) is 3.33. The molecule has 1 aromatic rings. The molecular weight excluding hydrogens is 340 g/mol. The highest BCUT2D eigenvalue weighted by Crippen LogP contribution is 2.18. The third-order valence-corrected chi connectivity index (χ3v) is 4.95. The minimum atomic E-state index is -0.0906. The van der Waals surface area contributed by atoms with Crippen molar-refractivity contribution in [2.24, 2.45) is 5.73 Å². The van der Waals surface area contributed by atoms with Crippen molar-refractivity contribution in [2.45, 2.75) is 50.6 Å². The van der Waals surface area contributed by atoms with Crippen LogP contribution in [0.2, 0.25) is 0 Å². The van der Waals surface area contributed by atoms with Crippen LogP contribution in [0.4, 0.5) is 0 Å². The van der Waals surface area contributed by atoms with Gasteiger partial charge in [0.15, 0.2) is 0 Å². The van der Waals surface area contributed by atoms with Crippen LogP contribution in [0.15, 0.2) is 30.3 Å². The van der Waals surface area contributed by atoms with E-state index in [4.69, 9.17) is 5.73 Å². The van der Waals surface area contributed by atoms with Gasteiger partial charge in [0.05, 0.1) is 0 Å². The lowest BCUT2D eigenvalue weighted by Gasteiger charge is -2.30. The first-order valence-corrected chi connectivity index (χ1v) is 10.1. The van der Waals surface area contributed by atoms with Crippen LogP contribution in [0.5, 0.6) is 5.75 Å². The maximum Gasteiger partial charge on any atom is 0.243 e. The fourth-order valence-corrected chi connectivity index (χ4v) is 3.33. The van der Waals surface area contributed by atoms with Gasteiger partial charge in [-0.15, -0.1) is 0 Å². The summed E-state index contributed by atoms with van der Waals surface area (Å²) >= 11 is 0. The molecule has 1 saturated carbocycles. The first-order chi connectivity index (χ1) is 13.2. The normalized spacial score (nSPS) is 20.0. The minimum Gasteiger partial charge on any atom is -0.508 e. The summed E-state index contributed by atoms with van der Waals surface area (Å²) < 4.78 is 0. The topological polar surface area (TPSA) is 99.4 Å². The molecule has 6 nitrogen and oxygen atoms in total. The van der Waals surface area contributed by atoms with E-state index in [9.17, 15) is 9.90 Å². The number of hydrogen-bond acceptors (Lipinski definition) is 5. The lowest BCUT2D eigenvalue weighted by atomic mass is 9.91. The molecule has 0 atom stereocenters. The number of nitrogens with two attached hydrogens (primary N) is 1. The third-order valence-electron chi connectivity index (χ3n) is 4.95.